The van der Waals surface area contributed by atoms with E-state index in [0.717, 1.165) is 53.0 Å². The molecule has 0 amide bonds. The Morgan fingerprint density at radius 3 is 2.92 bits per heavy atom. The van der Waals surface area contributed by atoms with Crippen LogP contribution in [0, 0.1) is 5.21 Å². The van der Waals surface area contributed by atoms with E-state index < -0.39 is 0 Å². The molecule has 0 aliphatic carbocycles. The number of ether oxygens (including phenoxy) is 1. The third-order valence-corrected chi connectivity index (χ3v) is 4.70. The number of hydrogen-bond acceptors (Lipinski definition) is 7. The predicted octanol–water partition coefficient (Wildman–Crippen LogP) is 3.34. The first-order valence-electron chi connectivity index (χ1n) is 8.23. The molecular weight excluding hydrogens is 320 g/mol. The molecule has 0 bridgehead atoms. The number of anilines is 3. The Labute approximate surface area is 145 Å². The summed E-state index contributed by atoms with van der Waals surface area (Å²) in [5.41, 5.74) is 3.27. The van der Waals surface area contributed by atoms with Gasteiger partial charge in [-0.05, 0) is 37.3 Å². The summed E-state index contributed by atoms with van der Waals surface area (Å²) in [5.74, 6) is 0.744. The Balaban J connectivity index is 2.17. The zero-order chi connectivity index (χ0) is 17.6. The summed E-state index contributed by atoms with van der Waals surface area (Å²) in [7, 11) is 1.63. The van der Waals surface area contributed by atoms with Crippen molar-refractivity contribution in [1.82, 2.24) is 4.98 Å². The lowest BCUT2D eigenvalue weighted by Crippen LogP contribution is -2.26. The molecule has 2 aromatic carbocycles. The third kappa shape index (κ3) is 2.40. The summed E-state index contributed by atoms with van der Waals surface area (Å²) < 4.78 is 5.35. The van der Waals surface area contributed by atoms with Gasteiger partial charge in [0.15, 0.2) is 0 Å². The van der Waals surface area contributed by atoms with Gasteiger partial charge in [-0.3, -0.25) is 5.21 Å². The minimum absolute atomic E-state index is 0.119. The van der Waals surface area contributed by atoms with Gasteiger partial charge in [-0.1, -0.05) is 0 Å². The number of pyridine rings is 1. The molecule has 0 saturated heterocycles. The second-order valence-corrected chi connectivity index (χ2v) is 5.98. The molecule has 2 N–H and O–H groups in total. The Kier molecular flexibility index (Phi) is 3.74. The van der Waals surface area contributed by atoms with Crippen molar-refractivity contribution in [3.05, 3.63) is 35.5 Å². The van der Waals surface area contributed by atoms with Crippen LogP contribution in [0.5, 0.6) is 5.75 Å². The molecule has 1 aliphatic rings. The molecule has 0 unspecified atom stereocenters. The van der Waals surface area contributed by atoms with Crippen LogP contribution in [0.3, 0.4) is 0 Å². The van der Waals surface area contributed by atoms with Crippen LogP contribution in [0.4, 0.5) is 17.1 Å². The molecule has 4 rings (SSSR count). The van der Waals surface area contributed by atoms with E-state index in [4.69, 9.17) is 4.74 Å². The van der Waals surface area contributed by atoms with E-state index in [-0.39, 0.29) is 10.9 Å². The molecular formula is C18H19N4O3-. The van der Waals surface area contributed by atoms with Gasteiger partial charge in [-0.2, -0.15) is 0 Å². The molecule has 0 spiro atoms. The van der Waals surface area contributed by atoms with E-state index in [1.165, 1.54) is 0 Å². The number of aromatic nitrogens is 1. The maximum Gasteiger partial charge on any atom is 0.119 e. The first-order chi connectivity index (χ1) is 12.1. The first-order valence-corrected chi connectivity index (χ1v) is 8.23. The largest absolute Gasteiger partial charge is 0.733 e. The van der Waals surface area contributed by atoms with Crippen LogP contribution < -0.4 is 20.2 Å². The van der Waals surface area contributed by atoms with Gasteiger partial charge in [0.05, 0.1) is 29.5 Å². The maximum atomic E-state index is 11.6. The van der Waals surface area contributed by atoms with Crippen LogP contribution in [0.2, 0.25) is 0 Å². The van der Waals surface area contributed by atoms with E-state index >= 15 is 0 Å². The Morgan fingerprint density at radius 1 is 1.36 bits per heavy atom. The fraction of sp³-hybridized carbons (Fsp3) is 0.278. The minimum Gasteiger partial charge on any atom is -0.733 e. The van der Waals surface area contributed by atoms with Crippen LogP contribution in [0.25, 0.3) is 21.8 Å². The van der Waals surface area contributed by atoms with Gasteiger partial charge in [0.2, 0.25) is 0 Å². The summed E-state index contributed by atoms with van der Waals surface area (Å²) in [6.07, 6.45) is 0. The standard InChI is InChI=1S/C18H19N4O3/c1-3-21-9-8-19-17-12-10-11(25-2)4-5-13(12)20-18-15(22(23)24)7-6-14(21)16(17)18/h4-7,10,19,23H,3,8-9H2,1-2H3/q-1. The Bertz CT molecular complexity index is 958. The quantitative estimate of drug-likeness (QED) is 0.559. The number of hydrogen-bond donors (Lipinski definition) is 2. The van der Waals surface area contributed by atoms with Gasteiger partial charge in [0.25, 0.3) is 0 Å². The van der Waals surface area contributed by atoms with Crippen molar-refractivity contribution in [2.75, 3.05) is 42.2 Å². The SMILES string of the molecule is CCN1CCNc2c3cc(OC)ccc3nc3c(N([O-])O)ccc1c23. The Morgan fingerprint density at radius 2 is 2.20 bits per heavy atom. The number of fused-ring (bicyclic) bond motifs is 2. The highest BCUT2D eigenvalue weighted by atomic mass is 16.8. The highest BCUT2D eigenvalue weighted by Crippen LogP contribution is 2.42. The van der Waals surface area contributed by atoms with Gasteiger partial charge >= 0.3 is 0 Å². The van der Waals surface area contributed by atoms with Crippen LogP contribution >= 0.6 is 0 Å². The molecule has 3 aromatic rings. The summed E-state index contributed by atoms with van der Waals surface area (Å²) in [6, 6.07) is 9.12. The molecule has 1 aliphatic heterocycles. The van der Waals surface area contributed by atoms with Crippen molar-refractivity contribution >= 4 is 38.9 Å². The van der Waals surface area contributed by atoms with Gasteiger partial charge in [0.1, 0.15) is 5.75 Å². The van der Waals surface area contributed by atoms with Crippen molar-refractivity contribution < 1.29 is 9.94 Å². The highest BCUT2D eigenvalue weighted by molar-refractivity contribution is 6.16. The smallest absolute Gasteiger partial charge is 0.119 e. The molecule has 130 valence electrons. The average Bonchev–Trinajstić information content (AvgIpc) is 2.82. The van der Waals surface area contributed by atoms with Gasteiger partial charge in [0, 0.05) is 36.1 Å². The number of benzene rings is 2. The summed E-state index contributed by atoms with van der Waals surface area (Å²) >= 11 is 0. The van der Waals surface area contributed by atoms with Crippen molar-refractivity contribution in [3.63, 3.8) is 0 Å². The minimum atomic E-state index is -0.119. The monoisotopic (exact) mass is 339 g/mol. The van der Waals surface area contributed by atoms with E-state index in [9.17, 15) is 10.4 Å². The zero-order valence-electron chi connectivity index (χ0n) is 14.1. The van der Waals surface area contributed by atoms with Crippen LogP contribution in [-0.4, -0.2) is 36.9 Å². The molecule has 0 atom stereocenters. The van der Waals surface area contributed by atoms with Gasteiger partial charge in [-0.15, -0.1) is 0 Å². The van der Waals surface area contributed by atoms with Crippen molar-refractivity contribution in [1.29, 1.82) is 0 Å². The van der Waals surface area contributed by atoms with Crippen molar-refractivity contribution in [2.45, 2.75) is 6.92 Å². The second kappa shape index (κ2) is 5.94. The number of methoxy groups -OCH3 is 1. The molecule has 7 heteroatoms. The van der Waals surface area contributed by atoms with Crippen LogP contribution in [-0.2, 0) is 0 Å². The summed E-state index contributed by atoms with van der Waals surface area (Å²) in [5, 5.41) is 26.3. The second-order valence-electron chi connectivity index (χ2n) is 5.98. The zero-order valence-corrected chi connectivity index (χ0v) is 14.1. The van der Waals surface area contributed by atoms with Gasteiger partial charge in [-0.25, -0.2) is 4.98 Å². The lowest BCUT2D eigenvalue weighted by Gasteiger charge is -2.27. The molecule has 0 saturated carbocycles. The molecule has 2 heterocycles. The normalized spacial score (nSPS) is 13.7. The Hall–Kier alpha value is -2.77. The summed E-state index contributed by atoms with van der Waals surface area (Å²) in [4.78, 5) is 6.90. The average molecular weight is 339 g/mol. The molecule has 1 aromatic heterocycles. The highest BCUT2D eigenvalue weighted by Gasteiger charge is 2.21. The maximum absolute atomic E-state index is 11.6. The molecule has 7 nitrogen and oxygen atoms in total. The van der Waals surface area contributed by atoms with Crippen molar-refractivity contribution in [3.8, 4) is 5.75 Å². The van der Waals surface area contributed by atoms with Crippen LogP contribution in [0.15, 0.2) is 30.3 Å². The van der Waals surface area contributed by atoms with E-state index in [0.29, 0.717) is 5.52 Å². The molecule has 25 heavy (non-hydrogen) atoms. The fourth-order valence-electron chi connectivity index (χ4n) is 3.49. The topological polar surface area (TPSA) is 83.9 Å². The predicted molar refractivity (Wildman–Crippen MR) is 99.8 cm³/mol. The number of nitrogens with zero attached hydrogens (tertiary/aromatic N) is 3. The van der Waals surface area contributed by atoms with E-state index in [1.807, 2.05) is 24.3 Å². The van der Waals surface area contributed by atoms with E-state index in [1.54, 1.807) is 13.2 Å². The van der Waals surface area contributed by atoms with Gasteiger partial charge < -0.3 is 25.4 Å². The number of likely N-dealkylation sites (N-methyl/N-ethyl adjacent to an activating group) is 1. The molecule has 0 radical (unpaired) electrons. The molecule has 0 fully saturated rings. The van der Waals surface area contributed by atoms with Crippen LogP contribution in [0.1, 0.15) is 6.92 Å². The fourth-order valence-corrected chi connectivity index (χ4v) is 3.49. The van der Waals surface area contributed by atoms with E-state index in [2.05, 4.69) is 22.1 Å². The van der Waals surface area contributed by atoms with Crippen molar-refractivity contribution in [2.24, 2.45) is 0 Å². The lowest BCUT2D eigenvalue weighted by atomic mass is 10.0. The lowest BCUT2D eigenvalue weighted by molar-refractivity contribution is 0.297. The number of nitrogens with one attached hydrogen (secondary N) is 1. The summed E-state index contributed by atoms with van der Waals surface area (Å²) in [6.45, 7) is 4.54. The first kappa shape index (κ1) is 15.7. The number of rotatable bonds is 3. The third-order valence-electron chi connectivity index (χ3n) is 4.70.